The third-order valence-corrected chi connectivity index (χ3v) is 7.69. The minimum absolute atomic E-state index is 0.0926. The summed E-state index contributed by atoms with van der Waals surface area (Å²) >= 11 is 6.77. The van der Waals surface area contributed by atoms with Crippen molar-refractivity contribution in [3.63, 3.8) is 0 Å². The van der Waals surface area contributed by atoms with E-state index in [4.69, 9.17) is 16.3 Å². The normalized spacial score (nSPS) is 26.2. The summed E-state index contributed by atoms with van der Waals surface area (Å²) in [5, 5.41) is 0. The molecule has 0 bridgehead atoms. The summed E-state index contributed by atoms with van der Waals surface area (Å²) in [6, 6.07) is 3.51. The molecular weight excluding hydrogens is 420 g/mol. The number of carbonyl (C=O) groups is 2. The SMILES string of the molecule is CC(C)(C)OC(=O)N1CCN(C(=O)C2CC[S+]([O-])CC2)C(c2ccc(Cl)s2)C1. The van der Waals surface area contributed by atoms with Gasteiger partial charge in [-0.1, -0.05) is 22.8 Å². The molecule has 2 fully saturated rings. The van der Waals surface area contributed by atoms with Crippen LogP contribution in [0.1, 0.15) is 44.5 Å². The average molecular weight is 447 g/mol. The highest BCUT2D eigenvalue weighted by atomic mass is 35.5. The van der Waals surface area contributed by atoms with Crippen LogP contribution in [0, 0.1) is 5.92 Å². The summed E-state index contributed by atoms with van der Waals surface area (Å²) in [5.41, 5.74) is -0.566. The molecule has 156 valence electrons. The van der Waals surface area contributed by atoms with Gasteiger partial charge in [0.2, 0.25) is 5.91 Å². The fourth-order valence-electron chi connectivity index (χ4n) is 3.57. The maximum absolute atomic E-state index is 13.2. The summed E-state index contributed by atoms with van der Waals surface area (Å²) in [5.74, 6) is 1.17. The largest absolute Gasteiger partial charge is 0.616 e. The van der Waals surface area contributed by atoms with Gasteiger partial charge < -0.3 is 19.1 Å². The Balaban J connectivity index is 1.76. The Labute approximate surface area is 178 Å². The summed E-state index contributed by atoms with van der Waals surface area (Å²) in [6.07, 6.45) is 0.964. The van der Waals surface area contributed by atoms with E-state index in [-0.39, 0.29) is 24.0 Å². The van der Waals surface area contributed by atoms with Crippen molar-refractivity contribution < 1.29 is 18.9 Å². The zero-order valence-electron chi connectivity index (χ0n) is 16.5. The van der Waals surface area contributed by atoms with Crippen LogP contribution < -0.4 is 0 Å². The molecule has 0 aliphatic carbocycles. The standard InChI is InChI=1S/C19H27ClN2O4S2/c1-19(2,3)26-18(24)21-8-9-22(14(12-21)15-4-5-16(20)27-15)17(23)13-6-10-28(25)11-7-13/h4-5,13-14H,6-12H2,1-3H3. The molecule has 3 heterocycles. The number of hydrogen-bond acceptors (Lipinski definition) is 5. The molecule has 0 saturated carbocycles. The van der Waals surface area contributed by atoms with E-state index in [9.17, 15) is 14.1 Å². The van der Waals surface area contributed by atoms with Crippen LogP contribution >= 0.6 is 22.9 Å². The van der Waals surface area contributed by atoms with Crippen molar-refractivity contribution in [3.05, 3.63) is 21.3 Å². The zero-order valence-corrected chi connectivity index (χ0v) is 18.9. The highest BCUT2D eigenvalue weighted by Crippen LogP contribution is 2.35. The number of halogens is 1. The monoisotopic (exact) mass is 446 g/mol. The Kier molecular flexibility index (Phi) is 6.84. The van der Waals surface area contributed by atoms with Gasteiger partial charge in [0, 0.05) is 43.3 Å². The predicted octanol–water partition coefficient (Wildman–Crippen LogP) is 3.68. The lowest BCUT2D eigenvalue weighted by Crippen LogP contribution is -2.54. The van der Waals surface area contributed by atoms with Gasteiger partial charge in [-0.25, -0.2) is 4.79 Å². The Hall–Kier alpha value is -0.960. The lowest BCUT2D eigenvalue weighted by Gasteiger charge is -2.42. The first-order valence-corrected chi connectivity index (χ1v) is 12.2. The maximum atomic E-state index is 13.2. The van der Waals surface area contributed by atoms with Crippen LogP contribution in [0.5, 0.6) is 0 Å². The molecule has 2 aliphatic rings. The van der Waals surface area contributed by atoms with Crippen LogP contribution in [0.15, 0.2) is 12.1 Å². The van der Waals surface area contributed by atoms with Gasteiger partial charge in [-0.15, -0.1) is 11.3 Å². The molecule has 2 amide bonds. The Morgan fingerprint density at radius 2 is 1.93 bits per heavy atom. The quantitative estimate of drug-likeness (QED) is 0.649. The molecule has 0 spiro atoms. The highest BCUT2D eigenvalue weighted by molar-refractivity contribution is 7.91. The Bertz CT molecular complexity index is 713. The molecule has 2 aliphatic heterocycles. The molecule has 1 atom stereocenters. The fourth-order valence-corrected chi connectivity index (χ4v) is 6.03. The number of rotatable bonds is 2. The number of ether oxygens (including phenoxy) is 1. The van der Waals surface area contributed by atoms with Crippen LogP contribution in [0.2, 0.25) is 4.34 Å². The first-order chi connectivity index (χ1) is 13.1. The Morgan fingerprint density at radius 3 is 2.50 bits per heavy atom. The molecule has 1 aromatic heterocycles. The van der Waals surface area contributed by atoms with E-state index in [1.54, 1.807) is 4.90 Å². The molecule has 0 N–H and O–H groups in total. The van der Waals surface area contributed by atoms with Gasteiger partial charge in [0.05, 0.1) is 10.4 Å². The summed E-state index contributed by atoms with van der Waals surface area (Å²) < 4.78 is 17.8. The predicted molar refractivity (Wildman–Crippen MR) is 112 cm³/mol. The topological polar surface area (TPSA) is 72.9 Å². The third-order valence-electron chi connectivity index (χ3n) is 4.97. The lowest BCUT2D eigenvalue weighted by molar-refractivity contribution is -0.141. The van der Waals surface area contributed by atoms with E-state index < -0.39 is 16.8 Å². The maximum Gasteiger partial charge on any atom is 0.410 e. The van der Waals surface area contributed by atoms with Crippen molar-refractivity contribution in [2.24, 2.45) is 5.92 Å². The van der Waals surface area contributed by atoms with E-state index >= 15 is 0 Å². The van der Waals surface area contributed by atoms with Crippen molar-refractivity contribution in [1.82, 2.24) is 9.80 Å². The van der Waals surface area contributed by atoms with Crippen molar-refractivity contribution in [2.45, 2.75) is 45.3 Å². The van der Waals surface area contributed by atoms with Crippen LogP contribution in [0.25, 0.3) is 0 Å². The van der Waals surface area contributed by atoms with Gasteiger partial charge >= 0.3 is 6.09 Å². The highest BCUT2D eigenvalue weighted by Gasteiger charge is 2.39. The van der Waals surface area contributed by atoms with E-state index in [2.05, 4.69) is 0 Å². The first-order valence-electron chi connectivity index (χ1n) is 9.52. The van der Waals surface area contributed by atoms with Gasteiger partial charge in [0.25, 0.3) is 0 Å². The number of carbonyl (C=O) groups excluding carboxylic acids is 2. The van der Waals surface area contributed by atoms with E-state index in [1.807, 2.05) is 37.8 Å². The van der Waals surface area contributed by atoms with Crippen molar-refractivity contribution in [2.75, 3.05) is 31.1 Å². The van der Waals surface area contributed by atoms with Gasteiger partial charge in [0.1, 0.15) is 17.1 Å². The molecule has 28 heavy (non-hydrogen) atoms. The number of thiophene rings is 1. The molecule has 3 rings (SSSR count). The molecule has 0 radical (unpaired) electrons. The summed E-state index contributed by atoms with van der Waals surface area (Å²) in [7, 11) is 0. The second-order valence-corrected chi connectivity index (χ2v) is 11.7. The fraction of sp³-hybridized carbons (Fsp3) is 0.684. The zero-order chi connectivity index (χ0) is 20.5. The lowest BCUT2D eigenvalue weighted by atomic mass is 9.98. The minimum Gasteiger partial charge on any atom is -0.616 e. The van der Waals surface area contributed by atoms with Gasteiger partial charge in [-0.3, -0.25) is 4.79 Å². The molecule has 1 aromatic rings. The molecule has 1 unspecified atom stereocenters. The average Bonchev–Trinajstić information content (AvgIpc) is 3.06. The second kappa shape index (κ2) is 8.81. The minimum atomic E-state index is -0.801. The second-order valence-electron chi connectivity index (χ2n) is 8.24. The molecular formula is C19H27ClN2O4S2. The third kappa shape index (κ3) is 5.34. The van der Waals surface area contributed by atoms with Gasteiger partial charge in [-0.05, 0) is 32.9 Å². The van der Waals surface area contributed by atoms with Gasteiger partial charge in [0.15, 0.2) is 0 Å². The molecule has 0 aromatic carbocycles. The number of nitrogens with zero attached hydrogens (tertiary/aromatic N) is 2. The van der Waals surface area contributed by atoms with Crippen LogP contribution in [0.3, 0.4) is 0 Å². The smallest absolute Gasteiger partial charge is 0.410 e. The van der Waals surface area contributed by atoms with Crippen LogP contribution in [0.4, 0.5) is 4.79 Å². The summed E-state index contributed by atoms with van der Waals surface area (Å²) in [6.45, 7) is 6.81. The molecule has 9 heteroatoms. The first kappa shape index (κ1) is 21.7. The van der Waals surface area contributed by atoms with E-state index in [0.29, 0.717) is 48.3 Å². The molecule has 2 saturated heterocycles. The van der Waals surface area contributed by atoms with Crippen LogP contribution in [-0.4, -0.2) is 63.1 Å². The van der Waals surface area contributed by atoms with Crippen molar-refractivity contribution >= 4 is 46.1 Å². The number of piperazine rings is 1. The number of amides is 2. The number of hydrogen-bond donors (Lipinski definition) is 0. The van der Waals surface area contributed by atoms with E-state index in [0.717, 1.165) is 4.88 Å². The van der Waals surface area contributed by atoms with E-state index in [1.165, 1.54) is 11.3 Å². The Morgan fingerprint density at radius 1 is 1.25 bits per heavy atom. The van der Waals surface area contributed by atoms with Gasteiger partial charge in [-0.2, -0.15) is 0 Å². The van der Waals surface area contributed by atoms with Crippen molar-refractivity contribution in [1.29, 1.82) is 0 Å². The summed E-state index contributed by atoms with van der Waals surface area (Å²) in [4.78, 5) is 30.3. The van der Waals surface area contributed by atoms with Crippen molar-refractivity contribution in [3.8, 4) is 0 Å². The molecule has 6 nitrogen and oxygen atoms in total. The van der Waals surface area contributed by atoms with Crippen LogP contribution in [-0.2, 0) is 20.7 Å².